The molecule has 0 spiro atoms. The summed E-state index contributed by atoms with van der Waals surface area (Å²) in [5, 5.41) is 11.1. The van der Waals surface area contributed by atoms with Crippen molar-refractivity contribution < 1.29 is 0 Å². The molecule has 1 aromatic heterocycles. The zero-order valence-corrected chi connectivity index (χ0v) is 9.80. The molecule has 0 saturated heterocycles. The SMILES string of the molecule is CC(C)CNCc1c(Br)nnn1C. The minimum Gasteiger partial charge on any atom is -0.311 e. The molecule has 4 nitrogen and oxygen atoms in total. The summed E-state index contributed by atoms with van der Waals surface area (Å²) in [6, 6.07) is 0. The molecule has 0 radical (unpaired) electrons. The van der Waals surface area contributed by atoms with Gasteiger partial charge >= 0.3 is 0 Å². The van der Waals surface area contributed by atoms with Crippen molar-refractivity contribution in [2.75, 3.05) is 6.54 Å². The third-order valence-corrected chi connectivity index (χ3v) is 2.36. The van der Waals surface area contributed by atoms with Gasteiger partial charge in [-0.25, -0.2) is 4.68 Å². The molecule has 0 unspecified atom stereocenters. The molecule has 74 valence electrons. The van der Waals surface area contributed by atoms with E-state index >= 15 is 0 Å². The Hall–Kier alpha value is -0.420. The van der Waals surface area contributed by atoms with Crippen molar-refractivity contribution in [2.24, 2.45) is 13.0 Å². The Morgan fingerprint density at radius 3 is 2.69 bits per heavy atom. The number of nitrogens with one attached hydrogen (secondary N) is 1. The molecule has 0 atom stereocenters. The van der Waals surface area contributed by atoms with Crippen LogP contribution in [0.4, 0.5) is 0 Å². The maximum Gasteiger partial charge on any atom is 0.152 e. The molecule has 0 saturated carbocycles. The lowest BCUT2D eigenvalue weighted by Crippen LogP contribution is -2.20. The molecule has 1 rings (SSSR count). The van der Waals surface area contributed by atoms with Gasteiger partial charge in [-0.15, -0.1) is 5.10 Å². The molecule has 1 heterocycles. The third kappa shape index (κ3) is 3.08. The van der Waals surface area contributed by atoms with Gasteiger partial charge in [0.25, 0.3) is 0 Å². The van der Waals surface area contributed by atoms with Gasteiger partial charge in [0.2, 0.25) is 0 Å². The average molecular weight is 247 g/mol. The van der Waals surface area contributed by atoms with Crippen molar-refractivity contribution in [1.82, 2.24) is 20.3 Å². The maximum atomic E-state index is 3.90. The first-order chi connectivity index (χ1) is 6.11. The Morgan fingerprint density at radius 1 is 1.54 bits per heavy atom. The number of nitrogens with zero attached hydrogens (tertiary/aromatic N) is 3. The van der Waals surface area contributed by atoms with Crippen LogP contribution in [-0.2, 0) is 13.6 Å². The fraction of sp³-hybridized carbons (Fsp3) is 0.750. The minimum absolute atomic E-state index is 0.667. The van der Waals surface area contributed by atoms with E-state index in [0.29, 0.717) is 5.92 Å². The van der Waals surface area contributed by atoms with Gasteiger partial charge in [0.15, 0.2) is 4.60 Å². The fourth-order valence-corrected chi connectivity index (χ4v) is 1.49. The summed E-state index contributed by atoms with van der Waals surface area (Å²) in [6.07, 6.45) is 0. The predicted molar refractivity (Wildman–Crippen MR) is 55.2 cm³/mol. The lowest BCUT2D eigenvalue weighted by Gasteiger charge is -2.06. The summed E-state index contributed by atoms with van der Waals surface area (Å²) in [5.41, 5.74) is 1.08. The third-order valence-electron chi connectivity index (χ3n) is 1.74. The van der Waals surface area contributed by atoms with E-state index in [9.17, 15) is 0 Å². The van der Waals surface area contributed by atoms with E-state index < -0.39 is 0 Å². The van der Waals surface area contributed by atoms with Crippen molar-refractivity contribution in [3.8, 4) is 0 Å². The van der Waals surface area contributed by atoms with E-state index in [1.807, 2.05) is 7.05 Å². The zero-order chi connectivity index (χ0) is 9.84. The van der Waals surface area contributed by atoms with Crippen molar-refractivity contribution in [3.63, 3.8) is 0 Å². The number of aromatic nitrogens is 3. The molecule has 0 fully saturated rings. The number of hydrogen-bond donors (Lipinski definition) is 1. The van der Waals surface area contributed by atoms with Crippen LogP contribution < -0.4 is 5.32 Å². The highest BCUT2D eigenvalue weighted by Gasteiger charge is 2.06. The van der Waals surface area contributed by atoms with E-state index in [1.54, 1.807) is 4.68 Å². The first-order valence-electron chi connectivity index (χ1n) is 4.36. The van der Waals surface area contributed by atoms with Crippen LogP contribution in [0.25, 0.3) is 0 Å². The van der Waals surface area contributed by atoms with Crippen LogP contribution >= 0.6 is 15.9 Å². The van der Waals surface area contributed by atoms with Crippen LogP contribution in [0.2, 0.25) is 0 Å². The zero-order valence-electron chi connectivity index (χ0n) is 8.21. The Morgan fingerprint density at radius 2 is 2.23 bits per heavy atom. The lowest BCUT2D eigenvalue weighted by molar-refractivity contribution is 0.535. The first kappa shape index (κ1) is 10.7. The predicted octanol–water partition coefficient (Wildman–Crippen LogP) is 1.32. The summed E-state index contributed by atoms with van der Waals surface area (Å²) in [4.78, 5) is 0. The molecule has 0 aliphatic rings. The number of rotatable bonds is 4. The van der Waals surface area contributed by atoms with Gasteiger partial charge in [-0.05, 0) is 28.4 Å². The average Bonchev–Trinajstić information content (AvgIpc) is 2.34. The molecule has 1 aromatic rings. The van der Waals surface area contributed by atoms with Gasteiger partial charge in [-0.2, -0.15) is 0 Å². The van der Waals surface area contributed by atoms with Gasteiger partial charge in [-0.3, -0.25) is 0 Å². The van der Waals surface area contributed by atoms with Crippen molar-refractivity contribution in [2.45, 2.75) is 20.4 Å². The summed E-state index contributed by atoms with van der Waals surface area (Å²) < 4.78 is 2.60. The van der Waals surface area contributed by atoms with E-state index in [4.69, 9.17) is 0 Å². The van der Waals surface area contributed by atoms with Gasteiger partial charge in [0.1, 0.15) is 0 Å². The summed E-state index contributed by atoms with van der Waals surface area (Å²) in [6.45, 7) is 6.19. The summed E-state index contributed by atoms with van der Waals surface area (Å²) in [5.74, 6) is 0.667. The molecule has 13 heavy (non-hydrogen) atoms. The van der Waals surface area contributed by atoms with E-state index in [0.717, 1.165) is 23.4 Å². The van der Waals surface area contributed by atoms with E-state index in [2.05, 4.69) is 45.4 Å². The van der Waals surface area contributed by atoms with E-state index in [-0.39, 0.29) is 0 Å². The topological polar surface area (TPSA) is 42.7 Å². The second-order valence-electron chi connectivity index (χ2n) is 3.48. The normalized spacial score (nSPS) is 11.2. The molecule has 0 aliphatic carbocycles. The molecular formula is C8H15BrN4. The summed E-state index contributed by atoms with van der Waals surface area (Å²) >= 11 is 3.35. The van der Waals surface area contributed by atoms with Gasteiger partial charge < -0.3 is 5.32 Å². The monoisotopic (exact) mass is 246 g/mol. The highest BCUT2D eigenvalue weighted by molar-refractivity contribution is 9.10. The minimum atomic E-state index is 0.667. The molecule has 0 bridgehead atoms. The lowest BCUT2D eigenvalue weighted by atomic mass is 10.2. The largest absolute Gasteiger partial charge is 0.311 e. The molecule has 5 heteroatoms. The van der Waals surface area contributed by atoms with E-state index in [1.165, 1.54) is 0 Å². The highest BCUT2D eigenvalue weighted by atomic mass is 79.9. The van der Waals surface area contributed by atoms with Crippen LogP contribution in [0, 0.1) is 5.92 Å². The Labute approximate surface area is 86.8 Å². The molecule has 0 aliphatic heterocycles. The molecular weight excluding hydrogens is 232 g/mol. The van der Waals surface area contributed by atoms with Gasteiger partial charge in [0.05, 0.1) is 5.69 Å². The fourth-order valence-electron chi connectivity index (χ4n) is 1.02. The number of hydrogen-bond acceptors (Lipinski definition) is 3. The maximum absolute atomic E-state index is 3.90. The Bertz CT molecular complexity index is 250. The van der Waals surface area contributed by atoms with Gasteiger partial charge in [0, 0.05) is 13.6 Å². The van der Waals surface area contributed by atoms with Gasteiger partial charge in [-0.1, -0.05) is 19.1 Å². The first-order valence-corrected chi connectivity index (χ1v) is 5.15. The molecule has 0 amide bonds. The summed E-state index contributed by atoms with van der Waals surface area (Å²) in [7, 11) is 1.89. The highest BCUT2D eigenvalue weighted by Crippen LogP contribution is 2.10. The number of halogens is 1. The molecule has 0 aromatic carbocycles. The Kier molecular flexibility index (Phi) is 3.87. The van der Waals surface area contributed by atoms with Crippen LogP contribution in [0.15, 0.2) is 4.60 Å². The second kappa shape index (κ2) is 4.72. The van der Waals surface area contributed by atoms with Crippen LogP contribution in [-0.4, -0.2) is 21.5 Å². The quantitative estimate of drug-likeness (QED) is 0.872. The standard InChI is InChI=1S/C8H15BrN4/c1-6(2)4-10-5-7-8(9)11-12-13(7)3/h6,10H,4-5H2,1-3H3. The Balaban J connectivity index is 2.44. The second-order valence-corrected chi connectivity index (χ2v) is 4.23. The van der Waals surface area contributed by atoms with Crippen molar-refractivity contribution in [3.05, 3.63) is 10.3 Å². The van der Waals surface area contributed by atoms with Crippen molar-refractivity contribution in [1.29, 1.82) is 0 Å². The molecule has 1 N–H and O–H groups in total. The smallest absolute Gasteiger partial charge is 0.152 e. The van der Waals surface area contributed by atoms with Crippen LogP contribution in [0.3, 0.4) is 0 Å². The van der Waals surface area contributed by atoms with Crippen LogP contribution in [0.1, 0.15) is 19.5 Å². The van der Waals surface area contributed by atoms with Crippen molar-refractivity contribution >= 4 is 15.9 Å². The number of aryl methyl sites for hydroxylation is 1. The van der Waals surface area contributed by atoms with Crippen LogP contribution in [0.5, 0.6) is 0 Å².